The maximum atomic E-state index is 12.1. The van der Waals surface area contributed by atoms with Gasteiger partial charge in [-0.05, 0) is 43.4 Å². The number of amides is 2. The third-order valence-corrected chi connectivity index (χ3v) is 3.31. The van der Waals surface area contributed by atoms with Gasteiger partial charge in [0, 0.05) is 25.1 Å². The Morgan fingerprint density at radius 2 is 1.67 bits per heavy atom. The Bertz CT molecular complexity index is 466. The SMILES string of the molecule is CC(=O)NCc1ccc(C(=O)NC(C)CCC(C)C)cc1. The molecule has 0 aliphatic heterocycles. The van der Waals surface area contributed by atoms with Gasteiger partial charge in [-0.2, -0.15) is 0 Å². The quantitative estimate of drug-likeness (QED) is 0.811. The van der Waals surface area contributed by atoms with Crippen molar-refractivity contribution in [3.05, 3.63) is 35.4 Å². The summed E-state index contributed by atoms with van der Waals surface area (Å²) in [6.07, 6.45) is 2.10. The highest BCUT2D eigenvalue weighted by molar-refractivity contribution is 5.94. The van der Waals surface area contributed by atoms with E-state index in [0.717, 1.165) is 18.4 Å². The van der Waals surface area contributed by atoms with E-state index in [1.807, 2.05) is 19.1 Å². The Hall–Kier alpha value is -1.84. The molecule has 2 N–H and O–H groups in total. The Labute approximate surface area is 127 Å². The van der Waals surface area contributed by atoms with Gasteiger partial charge in [0.25, 0.3) is 5.91 Å². The molecule has 0 aliphatic rings. The van der Waals surface area contributed by atoms with Crippen LogP contribution in [0.5, 0.6) is 0 Å². The minimum atomic E-state index is -0.0594. The molecule has 0 aliphatic carbocycles. The zero-order chi connectivity index (χ0) is 15.8. The monoisotopic (exact) mass is 290 g/mol. The number of rotatable bonds is 7. The average Bonchev–Trinajstić information content (AvgIpc) is 2.43. The number of carbonyl (C=O) groups is 2. The third-order valence-electron chi connectivity index (χ3n) is 3.31. The van der Waals surface area contributed by atoms with Crippen LogP contribution in [0.4, 0.5) is 0 Å². The van der Waals surface area contributed by atoms with Crippen molar-refractivity contribution in [1.82, 2.24) is 10.6 Å². The van der Waals surface area contributed by atoms with E-state index in [1.165, 1.54) is 6.92 Å². The van der Waals surface area contributed by atoms with Gasteiger partial charge in [0.2, 0.25) is 5.91 Å². The molecule has 2 amide bonds. The van der Waals surface area contributed by atoms with E-state index in [0.29, 0.717) is 18.0 Å². The molecule has 1 rings (SSSR count). The van der Waals surface area contributed by atoms with E-state index < -0.39 is 0 Å². The lowest BCUT2D eigenvalue weighted by Gasteiger charge is -2.15. The van der Waals surface area contributed by atoms with Gasteiger partial charge in [-0.3, -0.25) is 9.59 Å². The van der Waals surface area contributed by atoms with Crippen LogP contribution >= 0.6 is 0 Å². The summed E-state index contributed by atoms with van der Waals surface area (Å²) in [5.74, 6) is 0.547. The summed E-state index contributed by atoms with van der Waals surface area (Å²) < 4.78 is 0. The molecule has 4 nitrogen and oxygen atoms in total. The van der Waals surface area contributed by atoms with Crippen LogP contribution in [0.25, 0.3) is 0 Å². The molecule has 4 heteroatoms. The summed E-state index contributed by atoms with van der Waals surface area (Å²) in [6, 6.07) is 7.50. The van der Waals surface area contributed by atoms with Crippen molar-refractivity contribution in [3.63, 3.8) is 0 Å². The normalized spacial score (nSPS) is 12.0. The van der Waals surface area contributed by atoms with Crippen molar-refractivity contribution in [3.8, 4) is 0 Å². The first-order valence-corrected chi connectivity index (χ1v) is 7.52. The van der Waals surface area contributed by atoms with Gasteiger partial charge in [0.1, 0.15) is 0 Å². The van der Waals surface area contributed by atoms with Crippen molar-refractivity contribution in [1.29, 1.82) is 0 Å². The van der Waals surface area contributed by atoms with Crippen molar-refractivity contribution in [2.45, 2.75) is 53.1 Å². The largest absolute Gasteiger partial charge is 0.352 e. The second-order valence-electron chi connectivity index (χ2n) is 5.95. The van der Waals surface area contributed by atoms with E-state index in [4.69, 9.17) is 0 Å². The smallest absolute Gasteiger partial charge is 0.251 e. The molecule has 0 bridgehead atoms. The number of hydrogen-bond donors (Lipinski definition) is 2. The van der Waals surface area contributed by atoms with Crippen LogP contribution in [0.1, 0.15) is 56.5 Å². The van der Waals surface area contributed by atoms with Gasteiger partial charge < -0.3 is 10.6 Å². The first-order valence-electron chi connectivity index (χ1n) is 7.52. The van der Waals surface area contributed by atoms with Crippen LogP contribution in [0, 0.1) is 5.92 Å². The van der Waals surface area contributed by atoms with Crippen LogP contribution in [0.2, 0.25) is 0 Å². The molecular weight excluding hydrogens is 264 g/mol. The molecule has 1 unspecified atom stereocenters. The molecule has 0 aromatic heterocycles. The average molecular weight is 290 g/mol. The molecular formula is C17H26N2O2. The zero-order valence-electron chi connectivity index (χ0n) is 13.4. The van der Waals surface area contributed by atoms with Crippen molar-refractivity contribution >= 4 is 11.8 Å². The van der Waals surface area contributed by atoms with E-state index in [2.05, 4.69) is 24.5 Å². The number of benzene rings is 1. The fourth-order valence-electron chi connectivity index (χ4n) is 1.96. The van der Waals surface area contributed by atoms with E-state index in [-0.39, 0.29) is 17.9 Å². The lowest BCUT2D eigenvalue weighted by atomic mass is 10.0. The Balaban J connectivity index is 2.49. The molecule has 116 valence electrons. The lowest BCUT2D eigenvalue weighted by Crippen LogP contribution is -2.32. The standard InChI is InChI=1S/C17H26N2O2/c1-12(2)5-6-13(3)19-17(21)16-9-7-15(8-10-16)11-18-14(4)20/h7-10,12-13H,5-6,11H2,1-4H3,(H,18,20)(H,19,21). The summed E-state index contributed by atoms with van der Waals surface area (Å²) >= 11 is 0. The first-order chi connectivity index (χ1) is 9.88. The van der Waals surface area contributed by atoms with Gasteiger partial charge >= 0.3 is 0 Å². The molecule has 1 atom stereocenters. The molecule has 0 heterocycles. The minimum absolute atomic E-state index is 0.0441. The molecule has 1 aromatic rings. The highest BCUT2D eigenvalue weighted by Crippen LogP contribution is 2.08. The summed E-state index contributed by atoms with van der Waals surface area (Å²) in [5.41, 5.74) is 1.63. The second-order valence-corrected chi connectivity index (χ2v) is 5.95. The van der Waals surface area contributed by atoms with Crippen LogP contribution in [-0.2, 0) is 11.3 Å². The Morgan fingerprint density at radius 3 is 2.19 bits per heavy atom. The lowest BCUT2D eigenvalue weighted by molar-refractivity contribution is -0.119. The van der Waals surface area contributed by atoms with Gasteiger partial charge in [0.15, 0.2) is 0 Å². The van der Waals surface area contributed by atoms with E-state index in [1.54, 1.807) is 12.1 Å². The number of nitrogens with one attached hydrogen (secondary N) is 2. The van der Waals surface area contributed by atoms with Crippen LogP contribution < -0.4 is 10.6 Å². The first kappa shape index (κ1) is 17.2. The second kappa shape index (κ2) is 8.45. The molecule has 0 saturated carbocycles. The van der Waals surface area contributed by atoms with Crippen molar-refractivity contribution in [2.75, 3.05) is 0 Å². The molecule has 1 aromatic carbocycles. The maximum Gasteiger partial charge on any atom is 0.251 e. The van der Waals surface area contributed by atoms with Crippen LogP contribution in [0.15, 0.2) is 24.3 Å². The van der Waals surface area contributed by atoms with Gasteiger partial charge in [-0.1, -0.05) is 26.0 Å². The maximum absolute atomic E-state index is 12.1. The zero-order valence-corrected chi connectivity index (χ0v) is 13.4. The molecule has 0 fully saturated rings. The summed E-state index contributed by atoms with van der Waals surface area (Å²) in [5, 5.41) is 5.74. The van der Waals surface area contributed by atoms with E-state index in [9.17, 15) is 9.59 Å². The summed E-state index contributed by atoms with van der Waals surface area (Å²) in [6.45, 7) is 8.37. The van der Waals surface area contributed by atoms with Gasteiger partial charge in [-0.15, -0.1) is 0 Å². The highest BCUT2D eigenvalue weighted by Gasteiger charge is 2.10. The fourth-order valence-corrected chi connectivity index (χ4v) is 1.96. The molecule has 0 radical (unpaired) electrons. The van der Waals surface area contributed by atoms with Crippen molar-refractivity contribution in [2.24, 2.45) is 5.92 Å². The Kier molecular flexibility index (Phi) is 6.92. The summed E-state index contributed by atoms with van der Waals surface area (Å²) in [7, 11) is 0. The van der Waals surface area contributed by atoms with Crippen LogP contribution in [-0.4, -0.2) is 17.9 Å². The number of carbonyl (C=O) groups excluding carboxylic acids is 2. The molecule has 0 saturated heterocycles. The third kappa shape index (κ3) is 6.93. The topological polar surface area (TPSA) is 58.2 Å². The number of hydrogen-bond acceptors (Lipinski definition) is 2. The van der Waals surface area contributed by atoms with Crippen molar-refractivity contribution < 1.29 is 9.59 Å². The highest BCUT2D eigenvalue weighted by atomic mass is 16.2. The molecule has 21 heavy (non-hydrogen) atoms. The predicted octanol–water partition coefficient (Wildman–Crippen LogP) is 2.88. The minimum Gasteiger partial charge on any atom is -0.352 e. The van der Waals surface area contributed by atoms with Gasteiger partial charge in [0.05, 0.1) is 0 Å². The summed E-state index contributed by atoms with van der Waals surface area (Å²) in [4.78, 5) is 22.9. The van der Waals surface area contributed by atoms with Gasteiger partial charge in [-0.25, -0.2) is 0 Å². The fraction of sp³-hybridized carbons (Fsp3) is 0.529. The predicted molar refractivity (Wildman–Crippen MR) is 85.0 cm³/mol. The van der Waals surface area contributed by atoms with Crippen LogP contribution in [0.3, 0.4) is 0 Å². The molecule has 0 spiro atoms. The Morgan fingerprint density at radius 1 is 1.05 bits per heavy atom. The van der Waals surface area contributed by atoms with E-state index >= 15 is 0 Å².